The molecular weight excluding hydrogens is 378 g/mol. The van der Waals surface area contributed by atoms with Gasteiger partial charge < -0.3 is 10.4 Å². The van der Waals surface area contributed by atoms with E-state index in [2.05, 4.69) is 21.2 Å². The van der Waals surface area contributed by atoms with Crippen molar-refractivity contribution in [2.24, 2.45) is 0 Å². The summed E-state index contributed by atoms with van der Waals surface area (Å²) in [5, 5.41) is 12.6. The molecule has 0 aromatic heterocycles. The number of carboxylic acid groups (broad SMARTS) is 1. The molecule has 1 saturated heterocycles. The van der Waals surface area contributed by atoms with Crippen molar-refractivity contribution in [2.45, 2.75) is 24.8 Å². The largest absolute Gasteiger partial charge is 0.479 e. The Morgan fingerprint density at radius 3 is 2.86 bits per heavy atom. The van der Waals surface area contributed by atoms with Crippen molar-refractivity contribution in [3.63, 3.8) is 0 Å². The second-order valence-electron chi connectivity index (χ2n) is 4.97. The van der Waals surface area contributed by atoms with Crippen LogP contribution in [0.15, 0.2) is 22.7 Å². The van der Waals surface area contributed by atoms with Gasteiger partial charge in [0.2, 0.25) is 5.91 Å². The number of carbonyl (C=O) groups excluding carboxylic acids is 1. The van der Waals surface area contributed by atoms with Gasteiger partial charge in [0, 0.05) is 21.7 Å². The fraction of sp³-hybridized carbons (Fsp3) is 0.429. The first-order valence-electron chi connectivity index (χ1n) is 6.49. The lowest BCUT2D eigenvalue weighted by Crippen LogP contribution is -2.54. The summed E-state index contributed by atoms with van der Waals surface area (Å²) in [7, 11) is 0. The average Bonchev–Trinajstić information content (AvgIpc) is 2.89. The maximum absolute atomic E-state index is 12.0. The second-order valence-corrected chi connectivity index (χ2v) is 7.37. The molecule has 0 bridgehead atoms. The van der Waals surface area contributed by atoms with E-state index in [-0.39, 0.29) is 12.3 Å². The molecule has 7 heteroatoms. The molecule has 1 fully saturated rings. The van der Waals surface area contributed by atoms with Gasteiger partial charge in [0.1, 0.15) is 5.54 Å². The Kier molecular flexibility index (Phi) is 5.57. The van der Waals surface area contributed by atoms with Crippen LogP contribution in [0.4, 0.5) is 0 Å². The normalized spacial score (nSPS) is 21.2. The Balaban J connectivity index is 1.96. The molecule has 0 saturated carbocycles. The third kappa shape index (κ3) is 4.14. The summed E-state index contributed by atoms with van der Waals surface area (Å²) < 4.78 is 0.893. The van der Waals surface area contributed by atoms with Gasteiger partial charge in [-0.15, -0.1) is 0 Å². The maximum atomic E-state index is 12.0. The van der Waals surface area contributed by atoms with Crippen LogP contribution in [-0.4, -0.2) is 34.0 Å². The van der Waals surface area contributed by atoms with Gasteiger partial charge in [0.25, 0.3) is 0 Å². The van der Waals surface area contributed by atoms with Crippen molar-refractivity contribution < 1.29 is 14.7 Å². The van der Waals surface area contributed by atoms with E-state index in [0.29, 0.717) is 23.6 Å². The SMILES string of the molecule is O=C(CCc1cc(Cl)ccc1Br)NC1(C(=O)O)CCSC1. The number of aryl methyl sites for hydroxylation is 1. The zero-order valence-electron chi connectivity index (χ0n) is 11.2. The van der Waals surface area contributed by atoms with Crippen molar-refractivity contribution in [3.05, 3.63) is 33.3 Å². The third-order valence-electron chi connectivity index (χ3n) is 3.44. The maximum Gasteiger partial charge on any atom is 0.330 e. The molecule has 1 aromatic rings. The predicted molar refractivity (Wildman–Crippen MR) is 87.9 cm³/mol. The van der Waals surface area contributed by atoms with Gasteiger partial charge in [0.05, 0.1) is 0 Å². The van der Waals surface area contributed by atoms with E-state index >= 15 is 0 Å². The molecule has 0 spiro atoms. The molecule has 1 aliphatic rings. The Morgan fingerprint density at radius 2 is 2.24 bits per heavy atom. The number of benzene rings is 1. The number of aliphatic carboxylic acids is 1. The number of hydrogen-bond acceptors (Lipinski definition) is 3. The molecule has 1 amide bonds. The molecule has 1 heterocycles. The minimum atomic E-state index is -1.10. The summed E-state index contributed by atoms with van der Waals surface area (Å²) in [5.74, 6) is -0.0157. The van der Waals surface area contributed by atoms with Gasteiger partial charge in [-0.05, 0) is 42.4 Å². The molecule has 21 heavy (non-hydrogen) atoms. The summed E-state index contributed by atoms with van der Waals surface area (Å²) in [6, 6.07) is 5.41. The van der Waals surface area contributed by atoms with E-state index in [4.69, 9.17) is 11.6 Å². The van der Waals surface area contributed by atoms with Crippen LogP contribution in [0.5, 0.6) is 0 Å². The molecule has 1 aliphatic heterocycles. The zero-order valence-corrected chi connectivity index (χ0v) is 14.4. The minimum Gasteiger partial charge on any atom is -0.479 e. The smallest absolute Gasteiger partial charge is 0.330 e. The van der Waals surface area contributed by atoms with E-state index in [9.17, 15) is 14.7 Å². The van der Waals surface area contributed by atoms with Crippen LogP contribution < -0.4 is 5.32 Å². The summed E-state index contributed by atoms with van der Waals surface area (Å²) in [6.45, 7) is 0. The van der Waals surface area contributed by atoms with E-state index in [1.807, 2.05) is 6.07 Å². The fourth-order valence-corrected chi connectivity index (χ4v) is 4.16. The lowest BCUT2D eigenvalue weighted by molar-refractivity contribution is -0.146. The summed E-state index contributed by atoms with van der Waals surface area (Å²) in [5.41, 5.74) is -0.171. The molecule has 0 aliphatic carbocycles. The van der Waals surface area contributed by atoms with Gasteiger partial charge >= 0.3 is 5.97 Å². The third-order valence-corrected chi connectivity index (χ3v) is 5.64. The van der Waals surface area contributed by atoms with Crippen LogP contribution in [0.25, 0.3) is 0 Å². The molecular formula is C14H15BrClNO3S. The lowest BCUT2D eigenvalue weighted by atomic mass is 9.98. The molecule has 2 N–H and O–H groups in total. The molecule has 1 atom stereocenters. The summed E-state index contributed by atoms with van der Waals surface area (Å²) >= 11 is 10.9. The number of nitrogens with one attached hydrogen (secondary N) is 1. The number of thioether (sulfide) groups is 1. The van der Waals surface area contributed by atoms with Gasteiger partial charge in [-0.1, -0.05) is 27.5 Å². The Bertz CT molecular complexity index is 561. The van der Waals surface area contributed by atoms with Gasteiger partial charge in [-0.2, -0.15) is 11.8 Å². The number of rotatable bonds is 5. The van der Waals surface area contributed by atoms with E-state index in [1.165, 1.54) is 0 Å². The molecule has 2 rings (SSSR count). The average molecular weight is 393 g/mol. The van der Waals surface area contributed by atoms with Crippen LogP contribution in [0.3, 0.4) is 0 Å². The molecule has 4 nitrogen and oxygen atoms in total. The molecule has 1 unspecified atom stereocenters. The molecule has 114 valence electrons. The van der Waals surface area contributed by atoms with Crippen molar-refractivity contribution in [2.75, 3.05) is 11.5 Å². The highest BCUT2D eigenvalue weighted by Gasteiger charge is 2.43. The Labute approximate surface area is 140 Å². The first kappa shape index (κ1) is 16.6. The van der Waals surface area contributed by atoms with Crippen molar-refractivity contribution in [1.29, 1.82) is 0 Å². The minimum absolute atomic E-state index is 0.235. The number of amides is 1. The topological polar surface area (TPSA) is 66.4 Å². The van der Waals surface area contributed by atoms with E-state index < -0.39 is 11.5 Å². The van der Waals surface area contributed by atoms with E-state index in [1.54, 1.807) is 23.9 Å². The lowest BCUT2D eigenvalue weighted by Gasteiger charge is -2.24. The van der Waals surface area contributed by atoms with Crippen LogP contribution in [0.1, 0.15) is 18.4 Å². The number of carboxylic acids is 1. The van der Waals surface area contributed by atoms with E-state index in [0.717, 1.165) is 15.8 Å². The standard InChI is InChI=1S/C14H15BrClNO3S/c15-11-3-2-10(16)7-9(11)1-4-12(18)17-14(13(19)20)5-6-21-8-14/h2-3,7H,1,4-6,8H2,(H,17,18)(H,19,20). The Morgan fingerprint density at radius 1 is 1.48 bits per heavy atom. The zero-order chi connectivity index (χ0) is 15.5. The van der Waals surface area contributed by atoms with Crippen molar-refractivity contribution in [3.8, 4) is 0 Å². The second kappa shape index (κ2) is 7.03. The first-order chi connectivity index (χ1) is 9.93. The Hall–Kier alpha value is -0.720. The van der Waals surface area contributed by atoms with Crippen LogP contribution >= 0.6 is 39.3 Å². The first-order valence-corrected chi connectivity index (χ1v) is 8.82. The van der Waals surface area contributed by atoms with Gasteiger partial charge in [-0.25, -0.2) is 4.79 Å². The number of carbonyl (C=O) groups is 2. The van der Waals surface area contributed by atoms with Crippen LogP contribution in [-0.2, 0) is 16.0 Å². The van der Waals surface area contributed by atoms with Gasteiger partial charge in [0.15, 0.2) is 0 Å². The molecule has 0 radical (unpaired) electrons. The highest BCUT2D eigenvalue weighted by molar-refractivity contribution is 9.10. The number of halogens is 2. The quantitative estimate of drug-likeness (QED) is 0.808. The summed E-state index contributed by atoms with van der Waals surface area (Å²) in [6.07, 6.45) is 1.22. The summed E-state index contributed by atoms with van der Waals surface area (Å²) in [4.78, 5) is 23.4. The van der Waals surface area contributed by atoms with Gasteiger partial charge in [-0.3, -0.25) is 4.79 Å². The van der Waals surface area contributed by atoms with Crippen molar-refractivity contribution >= 4 is 51.2 Å². The predicted octanol–water partition coefficient (Wildman–Crippen LogP) is 3.11. The van der Waals surface area contributed by atoms with Crippen molar-refractivity contribution in [1.82, 2.24) is 5.32 Å². The highest BCUT2D eigenvalue weighted by Crippen LogP contribution is 2.28. The van der Waals surface area contributed by atoms with Crippen LogP contribution in [0.2, 0.25) is 5.02 Å². The highest BCUT2D eigenvalue weighted by atomic mass is 79.9. The molecule has 1 aromatic carbocycles. The number of hydrogen-bond donors (Lipinski definition) is 2. The monoisotopic (exact) mass is 391 g/mol. The fourth-order valence-electron chi connectivity index (χ4n) is 2.20. The van der Waals surface area contributed by atoms with Crippen LogP contribution in [0, 0.1) is 0 Å².